The van der Waals surface area contributed by atoms with Gasteiger partial charge >= 0.3 is 0 Å². The van der Waals surface area contributed by atoms with E-state index in [0.717, 1.165) is 42.1 Å². The molecule has 1 aliphatic heterocycles. The standard InChI is InChI=1S/C15H18ClN3.ClH/c1-11-9-17-5-6-19(11)10-13-8-14(16)7-12-3-2-4-18-15(12)13;/h2-4,7-8,11,17H,5-6,9-10H2,1H3;1H/t11-;/m1./s1. The Labute approximate surface area is 130 Å². The molecule has 1 aliphatic rings. The maximum absolute atomic E-state index is 6.22. The summed E-state index contributed by atoms with van der Waals surface area (Å²) in [6.45, 7) is 6.34. The van der Waals surface area contributed by atoms with E-state index in [0.29, 0.717) is 6.04 Å². The summed E-state index contributed by atoms with van der Waals surface area (Å²) >= 11 is 6.22. The van der Waals surface area contributed by atoms with Crippen LogP contribution in [0.3, 0.4) is 0 Å². The number of benzene rings is 1. The number of piperazine rings is 1. The largest absolute Gasteiger partial charge is 0.314 e. The summed E-state index contributed by atoms with van der Waals surface area (Å²) in [6, 6.07) is 8.60. The summed E-state index contributed by atoms with van der Waals surface area (Å²) in [4.78, 5) is 6.99. The van der Waals surface area contributed by atoms with Crippen molar-refractivity contribution in [2.75, 3.05) is 19.6 Å². The van der Waals surface area contributed by atoms with Crippen molar-refractivity contribution < 1.29 is 0 Å². The predicted molar refractivity (Wildman–Crippen MR) is 86.7 cm³/mol. The Morgan fingerprint density at radius 1 is 1.45 bits per heavy atom. The highest BCUT2D eigenvalue weighted by Crippen LogP contribution is 2.24. The van der Waals surface area contributed by atoms with Crippen LogP contribution in [0.15, 0.2) is 30.5 Å². The summed E-state index contributed by atoms with van der Waals surface area (Å²) in [5, 5.41) is 5.32. The molecule has 3 rings (SSSR count). The Morgan fingerprint density at radius 3 is 3.10 bits per heavy atom. The first-order chi connectivity index (χ1) is 9.24. The van der Waals surface area contributed by atoms with Gasteiger partial charge in [-0.05, 0) is 30.7 Å². The third kappa shape index (κ3) is 3.23. The van der Waals surface area contributed by atoms with E-state index in [1.807, 2.05) is 24.4 Å². The molecule has 2 heterocycles. The number of nitrogens with zero attached hydrogens (tertiary/aromatic N) is 2. The highest BCUT2D eigenvalue weighted by atomic mass is 35.5. The van der Waals surface area contributed by atoms with Crippen molar-refractivity contribution in [1.29, 1.82) is 0 Å². The summed E-state index contributed by atoms with van der Waals surface area (Å²) in [5.74, 6) is 0. The average molecular weight is 312 g/mol. The minimum absolute atomic E-state index is 0. The fourth-order valence-electron chi connectivity index (χ4n) is 2.68. The van der Waals surface area contributed by atoms with Crippen LogP contribution < -0.4 is 5.32 Å². The van der Waals surface area contributed by atoms with Gasteiger partial charge < -0.3 is 5.32 Å². The lowest BCUT2D eigenvalue weighted by atomic mass is 10.1. The first-order valence-corrected chi connectivity index (χ1v) is 7.10. The monoisotopic (exact) mass is 311 g/mol. The molecule has 1 atom stereocenters. The van der Waals surface area contributed by atoms with Crippen molar-refractivity contribution in [2.24, 2.45) is 0 Å². The second kappa shape index (κ2) is 6.72. The molecule has 3 nitrogen and oxygen atoms in total. The van der Waals surface area contributed by atoms with Gasteiger partial charge in [0.05, 0.1) is 5.52 Å². The third-order valence-electron chi connectivity index (χ3n) is 3.76. The van der Waals surface area contributed by atoms with E-state index in [-0.39, 0.29) is 12.4 Å². The minimum Gasteiger partial charge on any atom is -0.314 e. The second-order valence-corrected chi connectivity index (χ2v) is 5.60. The molecule has 0 unspecified atom stereocenters. The fraction of sp³-hybridized carbons (Fsp3) is 0.400. The Balaban J connectivity index is 0.00000147. The van der Waals surface area contributed by atoms with Crippen molar-refractivity contribution in [1.82, 2.24) is 15.2 Å². The minimum atomic E-state index is 0. The zero-order valence-electron chi connectivity index (χ0n) is 11.5. The molecule has 5 heteroatoms. The molecular weight excluding hydrogens is 293 g/mol. The Morgan fingerprint density at radius 2 is 2.30 bits per heavy atom. The molecule has 0 saturated carbocycles. The van der Waals surface area contributed by atoms with Gasteiger partial charge in [0, 0.05) is 48.8 Å². The summed E-state index contributed by atoms with van der Waals surface area (Å²) in [6.07, 6.45) is 1.85. The molecule has 1 fully saturated rings. The van der Waals surface area contributed by atoms with Gasteiger partial charge in [-0.2, -0.15) is 0 Å². The van der Waals surface area contributed by atoms with Crippen LogP contribution in [0.4, 0.5) is 0 Å². The molecular formula is C15H19Cl2N3. The van der Waals surface area contributed by atoms with Crippen molar-refractivity contribution in [3.8, 4) is 0 Å². The molecule has 0 bridgehead atoms. The van der Waals surface area contributed by atoms with E-state index in [1.165, 1.54) is 5.56 Å². The molecule has 0 amide bonds. The molecule has 1 aromatic carbocycles. The number of aromatic nitrogens is 1. The van der Waals surface area contributed by atoms with E-state index in [2.05, 4.69) is 28.2 Å². The normalized spacial score (nSPS) is 19.8. The lowest BCUT2D eigenvalue weighted by Crippen LogP contribution is -2.49. The number of pyridine rings is 1. The van der Waals surface area contributed by atoms with Gasteiger partial charge in [-0.1, -0.05) is 17.7 Å². The highest BCUT2D eigenvalue weighted by molar-refractivity contribution is 6.31. The topological polar surface area (TPSA) is 28.2 Å². The Kier molecular flexibility index (Phi) is 5.22. The van der Waals surface area contributed by atoms with Crippen molar-refractivity contribution in [3.63, 3.8) is 0 Å². The number of fused-ring (bicyclic) bond motifs is 1. The SMILES string of the molecule is C[C@@H]1CNCCN1Cc1cc(Cl)cc2cccnc12.Cl. The Bertz CT molecular complexity index is 588. The summed E-state index contributed by atoms with van der Waals surface area (Å²) in [5.41, 5.74) is 2.29. The molecule has 0 radical (unpaired) electrons. The van der Waals surface area contributed by atoms with E-state index >= 15 is 0 Å². The summed E-state index contributed by atoms with van der Waals surface area (Å²) in [7, 11) is 0. The fourth-order valence-corrected chi connectivity index (χ4v) is 2.93. The van der Waals surface area contributed by atoms with Gasteiger partial charge in [-0.3, -0.25) is 9.88 Å². The zero-order valence-corrected chi connectivity index (χ0v) is 13.0. The lowest BCUT2D eigenvalue weighted by Gasteiger charge is -2.34. The molecule has 1 saturated heterocycles. The van der Waals surface area contributed by atoms with Crippen LogP contribution in [0.5, 0.6) is 0 Å². The summed E-state index contributed by atoms with van der Waals surface area (Å²) < 4.78 is 0. The van der Waals surface area contributed by atoms with Crippen LogP contribution in [0.2, 0.25) is 5.02 Å². The van der Waals surface area contributed by atoms with E-state index in [4.69, 9.17) is 11.6 Å². The molecule has 0 spiro atoms. The lowest BCUT2D eigenvalue weighted by molar-refractivity contribution is 0.166. The maximum atomic E-state index is 6.22. The molecule has 1 aromatic heterocycles. The first-order valence-electron chi connectivity index (χ1n) is 6.72. The predicted octanol–water partition coefficient (Wildman–Crippen LogP) is 3.10. The third-order valence-corrected chi connectivity index (χ3v) is 3.98. The van der Waals surface area contributed by atoms with Crippen LogP contribution in [0.1, 0.15) is 12.5 Å². The van der Waals surface area contributed by atoms with Crippen molar-refractivity contribution >= 4 is 34.9 Å². The van der Waals surface area contributed by atoms with Crippen molar-refractivity contribution in [3.05, 3.63) is 41.0 Å². The van der Waals surface area contributed by atoms with Gasteiger partial charge in [0.15, 0.2) is 0 Å². The van der Waals surface area contributed by atoms with Gasteiger partial charge in [0.25, 0.3) is 0 Å². The highest BCUT2D eigenvalue weighted by Gasteiger charge is 2.19. The van der Waals surface area contributed by atoms with Gasteiger partial charge in [0.2, 0.25) is 0 Å². The van der Waals surface area contributed by atoms with Crippen LogP contribution in [0, 0.1) is 0 Å². The number of hydrogen-bond acceptors (Lipinski definition) is 3. The second-order valence-electron chi connectivity index (χ2n) is 5.16. The number of hydrogen-bond donors (Lipinski definition) is 1. The molecule has 0 aliphatic carbocycles. The number of nitrogens with one attached hydrogen (secondary N) is 1. The molecule has 20 heavy (non-hydrogen) atoms. The first kappa shape index (κ1) is 15.5. The quantitative estimate of drug-likeness (QED) is 0.923. The van der Waals surface area contributed by atoms with Crippen LogP contribution >= 0.6 is 24.0 Å². The zero-order chi connectivity index (χ0) is 13.2. The molecule has 1 N–H and O–H groups in total. The van der Waals surface area contributed by atoms with Crippen LogP contribution in [0.25, 0.3) is 10.9 Å². The smallest absolute Gasteiger partial charge is 0.0747 e. The van der Waals surface area contributed by atoms with E-state index in [1.54, 1.807) is 0 Å². The number of rotatable bonds is 2. The van der Waals surface area contributed by atoms with E-state index in [9.17, 15) is 0 Å². The maximum Gasteiger partial charge on any atom is 0.0747 e. The van der Waals surface area contributed by atoms with Crippen molar-refractivity contribution in [2.45, 2.75) is 19.5 Å². The number of halogens is 2. The average Bonchev–Trinajstić information content (AvgIpc) is 2.41. The molecule has 2 aromatic rings. The van der Waals surface area contributed by atoms with Gasteiger partial charge in [0.1, 0.15) is 0 Å². The van der Waals surface area contributed by atoms with E-state index < -0.39 is 0 Å². The van der Waals surface area contributed by atoms with Gasteiger partial charge in [-0.25, -0.2) is 0 Å². The van der Waals surface area contributed by atoms with Gasteiger partial charge in [-0.15, -0.1) is 12.4 Å². The molecule has 108 valence electrons. The van der Waals surface area contributed by atoms with Crippen LogP contribution in [-0.4, -0.2) is 35.6 Å². The Hall–Kier alpha value is -0.870. The van der Waals surface area contributed by atoms with Crippen LogP contribution in [-0.2, 0) is 6.54 Å².